The Morgan fingerprint density at radius 3 is 2.55 bits per heavy atom. The number of hydrogen-bond acceptors (Lipinski definition) is 3. The number of halogens is 1. The lowest BCUT2D eigenvalue weighted by atomic mass is 10.2. The van der Waals surface area contributed by atoms with Gasteiger partial charge in [-0.15, -0.1) is 0 Å². The Bertz CT molecular complexity index is 572. The number of hydrogen-bond donors (Lipinski definition) is 1. The van der Waals surface area contributed by atoms with Gasteiger partial charge in [0, 0.05) is 17.7 Å². The second kappa shape index (κ2) is 7.31. The maximum atomic E-state index is 5.98. The van der Waals surface area contributed by atoms with E-state index in [1.54, 1.807) is 7.11 Å². The third kappa shape index (κ3) is 3.52. The van der Waals surface area contributed by atoms with Crippen molar-refractivity contribution in [2.45, 2.75) is 13.2 Å². The lowest BCUT2D eigenvalue weighted by Gasteiger charge is -2.14. The predicted molar refractivity (Wildman–Crippen MR) is 84.2 cm³/mol. The Kier molecular flexibility index (Phi) is 5.44. The first-order valence-corrected chi connectivity index (χ1v) is 7.22. The minimum Gasteiger partial charge on any atom is -0.496 e. The van der Waals surface area contributed by atoms with Crippen LogP contribution in [0.15, 0.2) is 46.9 Å². The Morgan fingerprint density at radius 2 is 1.80 bits per heavy atom. The normalized spacial score (nSPS) is 10.3. The largest absolute Gasteiger partial charge is 0.496 e. The zero-order valence-corrected chi connectivity index (χ0v) is 13.2. The van der Waals surface area contributed by atoms with Crippen LogP contribution in [-0.4, -0.2) is 14.2 Å². The number of rotatable bonds is 6. The van der Waals surface area contributed by atoms with Crippen molar-refractivity contribution < 1.29 is 9.47 Å². The van der Waals surface area contributed by atoms with Crippen molar-refractivity contribution in [2.75, 3.05) is 14.2 Å². The first-order valence-electron chi connectivity index (χ1n) is 6.43. The van der Waals surface area contributed by atoms with Gasteiger partial charge in [0.05, 0.1) is 11.6 Å². The molecule has 0 aromatic heterocycles. The van der Waals surface area contributed by atoms with Crippen LogP contribution in [0.4, 0.5) is 0 Å². The molecule has 0 aliphatic carbocycles. The van der Waals surface area contributed by atoms with Crippen LogP contribution in [0.2, 0.25) is 0 Å². The summed E-state index contributed by atoms with van der Waals surface area (Å²) in [5.41, 5.74) is 2.15. The number of methoxy groups -OCH3 is 1. The summed E-state index contributed by atoms with van der Waals surface area (Å²) >= 11 is 3.54. The number of ether oxygens (including phenoxy) is 2. The molecule has 0 saturated heterocycles. The molecule has 0 atom stereocenters. The van der Waals surface area contributed by atoms with Gasteiger partial charge >= 0.3 is 0 Å². The summed E-state index contributed by atoms with van der Waals surface area (Å²) in [6.45, 7) is 1.24. The van der Waals surface area contributed by atoms with Gasteiger partial charge < -0.3 is 14.8 Å². The number of para-hydroxylation sites is 2. The summed E-state index contributed by atoms with van der Waals surface area (Å²) in [4.78, 5) is 0. The van der Waals surface area contributed by atoms with Crippen LogP contribution in [0.1, 0.15) is 11.1 Å². The van der Waals surface area contributed by atoms with Gasteiger partial charge in [0.25, 0.3) is 0 Å². The van der Waals surface area contributed by atoms with Gasteiger partial charge in [0.1, 0.15) is 18.1 Å². The van der Waals surface area contributed by atoms with Gasteiger partial charge in [0.2, 0.25) is 0 Å². The molecule has 0 bridgehead atoms. The lowest BCUT2D eigenvalue weighted by molar-refractivity contribution is 0.291. The van der Waals surface area contributed by atoms with Crippen molar-refractivity contribution in [2.24, 2.45) is 0 Å². The monoisotopic (exact) mass is 335 g/mol. The third-order valence-electron chi connectivity index (χ3n) is 2.98. The van der Waals surface area contributed by atoms with Gasteiger partial charge in [-0.1, -0.05) is 30.3 Å². The fourth-order valence-corrected chi connectivity index (χ4v) is 2.54. The molecule has 2 aromatic carbocycles. The van der Waals surface area contributed by atoms with E-state index >= 15 is 0 Å². The Morgan fingerprint density at radius 1 is 1.05 bits per heavy atom. The highest BCUT2D eigenvalue weighted by atomic mass is 79.9. The summed E-state index contributed by atoms with van der Waals surface area (Å²) in [6, 6.07) is 13.9. The summed E-state index contributed by atoms with van der Waals surface area (Å²) in [5, 5.41) is 3.15. The smallest absolute Gasteiger partial charge is 0.138 e. The van der Waals surface area contributed by atoms with E-state index in [9.17, 15) is 0 Å². The minimum absolute atomic E-state index is 0.476. The molecule has 4 heteroatoms. The van der Waals surface area contributed by atoms with Gasteiger partial charge in [-0.2, -0.15) is 0 Å². The molecule has 0 unspecified atom stereocenters. The van der Waals surface area contributed by atoms with E-state index in [1.807, 2.05) is 43.4 Å². The van der Waals surface area contributed by atoms with E-state index in [-0.39, 0.29) is 0 Å². The van der Waals surface area contributed by atoms with Crippen molar-refractivity contribution in [1.82, 2.24) is 5.32 Å². The van der Waals surface area contributed by atoms with Crippen LogP contribution in [0.25, 0.3) is 0 Å². The summed E-state index contributed by atoms with van der Waals surface area (Å²) < 4.78 is 12.3. The molecular formula is C16H18BrNO2. The Hall–Kier alpha value is -1.52. The Labute approximate surface area is 128 Å². The first-order chi connectivity index (χ1) is 9.76. The topological polar surface area (TPSA) is 30.5 Å². The fourth-order valence-electron chi connectivity index (χ4n) is 2.02. The molecule has 3 nitrogen and oxygen atoms in total. The van der Waals surface area contributed by atoms with Crippen LogP contribution in [0, 0.1) is 0 Å². The average molecular weight is 336 g/mol. The predicted octanol–water partition coefficient (Wildman–Crippen LogP) is 3.76. The highest BCUT2D eigenvalue weighted by molar-refractivity contribution is 9.10. The highest BCUT2D eigenvalue weighted by Crippen LogP contribution is 2.30. The second-order valence-corrected chi connectivity index (χ2v) is 5.21. The molecule has 0 amide bonds. The van der Waals surface area contributed by atoms with Crippen molar-refractivity contribution in [3.05, 3.63) is 58.1 Å². The van der Waals surface area contributed by atoms with Gasteiger partial charge in [0.15, 0.2) is 0 Å². The standard InChI is InChI=1S/C16H18BrNO2/c1-18-10-12-7-5-8-14(17)16(12)20-11-13-6-3-4-9-15(13)19-2/h3-9,18H,10-11H2,1-2H3. The van der Waals surface area contributed by atoms with Crippen molar-refractivity contribution in [3.63, 3.8) is 0 Å². The van der Waals surface area contributed by atoms with Crippen molar-refractivity contribution in [3.8, 4) is 11.5 Å². The molecule has 0 aliphatic rings. The van der Waals surface area contributed by atoms with Gasteiger partial charge in [-0.25, -0.2) is 0 Å². The molecule has 0 aliphatic heterocycles. The summed E-state index contributed by atoms with van der Waals surface area (Å²) in [6.07, 6.45) is 0. The van der Waals surface area contributed by atoms with Crippen molar-refractivity contribution >= 4 is 15.9 Å². The molecular weight excluding hydrogens is 318 g/mol. The molecule has 0 radical (unpaired) electrons. The van der Waals surface area contributed by atoms with Crippen LogP contribution < -0.4 is 14.8 Å². The van der Waals surface area contributed by atoms with E-state index in [4.69, 9.17) is 9.47 Å². The molecule has 20 heavy (non-hydrogen) atoms. The minimum atomic E-state index is 0.476. The Balaban J connectivity index is 2.18. The quantitative estimate of drug-likeness (QED) is 0.871. The molecule has 2 aromatic rings. The number of nitrogens with one attached hydrogen (secondary N) is 1. The van der Waals surface area contributed by atoms with Crippen LogP contribution in [0.3, 0.4) is 0 Å². The highest BCUT2D eigenvalue weighted by Gasteiger charge is 2.09. The fraction of sp³-hybridized carbons (Fsp3) is 0.250. The maximum absolute atomic E-state index is 5.98. The molecule has 0 heterocycles. The summed E-state index contributed by atoms with van der Waals surface area (Å²) in [5.74, 6) is 1.71. The molecule has 1 N–H and O–H groups in total. The third-order valence-corrected chi connectivity index (χ3v) is 3.60. The van der Waals surface area contributed by atoms with E-state index in [2.05, 4.69) is 27.3 Å². The molecule has 0 saturated carbocycles. The summed E-state index contributed by atoms with van der Waals surface area (Å²) in [7, 11) is 3.59. The SMILES string of the molecule is CNCc1cccc(Br)c1OCc1ccccc1OC. The van der Waals surface area contributed by atoms with Gasteiger partial charge in [-0.3, -0.25) is 0 Å². The lowest BCUT2D eigenvalue weighted by Crippen LogP contribution is -2.08. The number of benzene rings is 2. The average Bonchev–Trinajstić information content (AvgIpc) is 2.47. The molecule has 0 spiro atoms. The zero-order valence-electron chi connectivity index (χ0n) is 11.7. The second-order valence-electron chi connectivity index (χ2n) is 4.36. The van der Waals surface area contributed by atoms with E-state index < -0.39 is 0 Å². The zero-order chi connectivity index (χ0) is 14.4. The van der Waals surface area contributed by atoms with Gasteiger partial charge in [-0.05, 0) is 35.1 Å². The van der Waals surface area contributed by atoms with Crippen molar-refractivity contribution in [1.29, 1.82) is 0 Å². The first kappa shape index (κ1) is 14.9. The van der Waals surface area contributed by atoms with E-state index in [0.29, 0.717) is 6.61 Å². The van der Waals surface area contributed by atoms with E-state index in [1.165, 1.54) is 0 Å². The molecule has 106 valence electrons. The van der Waals surface area contributed by atoms with Crippen LogP contribution >= 0.6 is 15.9 Å². The molecule has 0 fully saturated rings. The van der Waals surface area contributed by atoms with E-state index in [0.717, 1.165) is 33.6 Å². The maximum Gasteiger partial charge on any atom is 0.138 e. The van der Waals surface area contributed by atoms with Crippen LogP contribution in [0.5, 0.6) is 11.5 Å². The molecule has 2 rings (SSSR count). The van der Waals surface area contributed by atoms with Crippen LogP contribution in [-0.2, 0) is 13.2 Å².